The largest absolute Gasteiger partial charge is 0.482 e. The zero-order chi connectivity index (χ0) is 17.0. The van der Waals surface area contributed by atoms with Crippen molar-refractivity contribution in [2.24, 2.45) is 0 Å². The van der Waals surface area contributed by atoms with Crippen LogP contribution in [-0.4, -0.2) is 56.3 Å². The zero-order valence-corrected chi connectivity index (χ0v) is 13.9. The third-order valence-corrected chi connectivity index (χ3v) is 5.45. The smallest absolute Gasteiger partial charge is 0.260 e. The average molecular weight is 340 g/mol. The van der Waals surface area contributed by atoms with Crippen molar-refractivity contribution in [3.05, 3.63) is 24.3 Å². The highest BCUT2D eigenvalue weighted by molar-refractivity contribution is 7.91. The van der Waals surface area contributed by atoms with Gasteiger partial charge in [0.1, 0.15) is 5.75 Å². The fourth-order valence-electron chi connectivity index (χ4n) is 2.41. The van der Waals surface area contributed by atoms with Crippen molar-refractivity contribution in [3.63, 3.8) is 0 Å². The van der Waals surface area contributed by atoms with Gasteiger partial charge in [0.15, 0.2) is 16.4 Å². The maximum Gasteiger partial charge on any atom is 0.260 e. The Morgan fingerprint density at radius 1 is 1.35 bits per heavy atom. The van der Waals surface area contributed by atoms with E-state index in [1.54, 1.807) is 31.3 Å². The highest BCUT2D eigenvalue weighted by atomic mass is 32.2. The molecule has 1 aromatic rings. The first kappa shape index (κ1) is 17.3. The van der Waals surface area contributed by atoms with Gasteiger partial charge >= 0.3 is 0 Å². The Morgan fingerprint density at radius 3 is 2.65 bits per heavy atom. The summed E-state index contributed by atoms with van der Waals surface area (Å²) in [6.45, 7) is 1.17. The lowest BCUT2D eigenvalue weighted by Crippen LogP contribution is -2.40. The van der Waals surface area contributed by atoms with E-state index in [0.717, 1.165) is 0 Å². The molecule has 2 amide bonds. The number of sulfone groups is 1. The first-order chi connectivity index (χ1) is 10.8. The van der Waals surface area contributed by atoms with Gasteiger partial charge in [0.2, 0.25) is 5.91 Å². The molecule has 0 aliphatic carbocycles. The van der Waals surface area contributed by atoms with E-state index in [9.17, 15) is 18.0 Å². The van der Waals surface area contributed by atoms with Crippen LogP contribution in [0.15, 0.2) is 24.3 Å². The van der Waals surface area contributed by atoms with Gasteiger partial charge in [-0.25, -0.2) is 8.42 Å². The highest BCUT2D eigenvalue weighted by Crippen LogP contribution is 2.24. The molecular weight excluding hydrogens is 320 g/mol. The van der Waals surface area contributed by atoms with Crippen LogP contribution in [0.25, 0.3) is 0 Å². The minimum atomic E-state index is -3.04. The van der Waals surface area contributed by atoms with Gasteiger partial charge < -0.3 is 15.0 Å². The number of nitrogens with one attached hydrogen (secondary N) is 1. The normalized spacial score (nSPS) is 19.1. The first-order valence-corrected chi connectivity index (χ1v) is 9.06. The van der Waals surface area contributed by atoms with Crippen LogP contribution in [0.3, 0.4) is 0 Å². The maximum absolute atomic E-state index is 12.2. The monoisotopic (exact) mass is 340 g/mol. The molecule has 1 aromatic carbocycles. The Balaban J connectivity index is 1.95. The Kier molecular flexibility index (Phi) is 5.25. The zero-order valence-electron chi connectivity index (χ0n) is 13.1. The number of rotatable bonds is 5. The number of hydrogen-bond acceptors (Lipinski definition) is 5. The summed E-state index contributed by atoms with van der Waals surface area (Å²) in [6, 6.07) is 6.50. The highest BCUT2D eigenvalue weighted by Gasteiger charge is 2.32. The quantitative estimate of drug-likeness (QED) is 0.850. The van der Waals surface area contributed by atoms with Crippen LogP contribution in [-0.2, 0) is 19.4 Å². The number of likely N-dealkylation sites (N-methyl/N-ethyl adjacent to an activating group) is 1. The molecule has 0 unspecified atom stereocenters. The summed E-state index contributed by atoms with van der Waals surface area (Å²) < 4.78 is 28.4. The molecule has 0 bridgehead atoms. The fraction of sp³-hybridized carbons (Fsp3) is 0.467. The summed E-state index contributed by atoms with van der Waals surface area (Å²) in [6.07, 6.45) is 0.451. The fourth-order valence-corrected chi connectivity index (χ4v) is 4.19. The van der Waals surface area contributed by atoms with Crippen molar-refractivity contribution < 1.29 is 22.7 Å². The van der Waals surface area contributed by atoms with Crippen molar-refractivity contribution in [1.82, 2.24) is 4.90 Å². The van der Waals surface area contributed by atoms with Crippen molar-refractivity contribution >= 4 is 27.3 Å². The molecule has 1 heterocycles. The summed E-state index contributed by atoms with van der Waals surface area (Å²) in [5.41, 5.74) is 0.485. The Labute approximate surface area is 135 Å². The van der Waals surface area contributed by atoms with Crippen LogP contribution >= 0.6 is 0 Å². The van der Waals surface area contributed by atoms with Crippen molar-refractivity contribution in [2.75, 3.05) is 30.5 Å². The molecule has 2 rings (SSSR count). The molecule has 0 aromatic heterocycles. The lowest BCUT2D eigenvalue weighted by molar-refractivity contribution is -0.133. The maximum atomic E-state index is 12.2. The van der Waals surface area contributed by atoms with Gasteiger partial charge in [0, 0.05) is 20.0 Å². The number of benzene rings is 1. The summed E-state index contributed by atoms with van der Waals surface area (Å²) in [7, 11) is -1.46. The minimum absolute atomic E-state index is 0.00226. The van der Waals surface area contributed by atoms with Crippen molar-refractivity contribution in [2.45, 2.75) is 19.4 Å². The summed E-state index contributed by atoms with van der Waals surface area (Å²) in [5, 5.41) is 2.62. The van der Waals surface area contributed by atoms with Gasteiger partial charge in [-0.2, -0.15) is 0 Å². The topological polar surface area (TPSA) is 92.8 Å². The average Bonchev–Trinajstić information content (AvgIpc) is 2.85. The van der Waals surface area contributed by atoms with E-state index in [2.05, 4.69) is 5.32 Å². The van der Waals surface area contributed by atoms with E-state index in [0.29, 0.717) is 17.9 Å². The third-order valence-electron chi connectivity index (χ3n) is 3.70. The van der Waals surface area contributed by atoms with Gasteiger partial charge in [0.05, 0.1) is 17.2 Å². The van der Waals surface area contributed by atoms with Crippen LogP contribution < -0.4 is 10.1 Å². The van der Waals surface area contributed by atoms with Gasteiger partial charge in [-0.05, 0) is 18.6 Å². The molecule has 7 nitrogen and oxygen atoms in total. The number of carbonyl (C=O) groups excluding carboxylic acids is 2. The van der Waals surface area contributed by atoms with Crippen LogP contribution in [0.2, 0.25) is 0 Å². The Bertz CT molecular complexity index is 702. The Morgan fingerprint density at radius 2 is 2.04 bits per heavy atom. The molecule has 23 heavy (non-hydrogen) atoms. The van der Waals surface area contributed by atoms with E-state index in [4.69, 9.17) is 4.74 Å². The molecule has 1 saturated heterocycles. The number of hydrogen-bond donors (Lipinski definition) is 1. The molecule has 126 valence electrons. The Hall–Kier alpha value is -2.09. The van der Waals surface area contributed by atoms with Gasteiger partial charge in [0.25, 0.3) is 5.91 Å². The lowest BCUT2D eigenvalue weighted by atomic mass is 10.2. The summed E-state index contributed by atoms with van der Waals surface area (Å²) >= 11 is 0. The molecule has 1 fully saturated rings. The predicted octanol–water partition coefficient (Wildman–Crippen LogP) is 0.669. The van der Waals surface area contributed by atoms with Crippen molar-refractivity contribution in [3.8, 4) is 5.75 Å². The second-order valence-electron chi connectivity index (χ2n) is 5.53. The van der Waals surface area contributed by atoms with E-state index in [1.165, 1.54) is 11.8 Å². The van der Waals surface area contributed by atoms with Gasteiger partial charge in [-0.15, -0.1) is 0 Å². The molecule has 1 aliphatic rings. The number of anilines is 1. The standard InChI is InChI=1S/C15H20N2O5S/c1-11(18)16-13-5-3-4-6-14(13)22-9-15(19)17(2)12-7-8-23(20,21)10-12/h3-6,12H,7-10H2,1-2H3,(H,16,18)/t12-/m0/s1. The SMILES string of the molecule is CC(=O)Nc1ccccc1OCC(=O)N(C)[C@H]1CCS(=O)(=O)C1. The van der Waals surface area contributed by atoms with Crippen LogP contribution in [0, 0.1) is 0 Å². The predicted molar refractivity (Wildman–Crippen MR) is 86.1 cm³/mol. The van der Waals surface area contributed by atoms with Crippen LogP contribution in [0.5, 0.6) is 5.75 Å². The van der Waals surface area contributed by atoms with Crippen LogP contribution in [0.1, 0.15) is 13.3 Å². The molecule has 0 radical (unpaired) electrons. The molecule has 0 saturated carbocycles. The van der Waals surface area contributed by atoms with Gasteiger partial charge in [-0.3, -0.25) is 9.59 Å². The summed E-state index contributed by atoms with van der Waals surface area (Å²) in [4.78, 5) is 24.7. The van der Waals surface area contributed by atoms with E-state index in [1.807, 2.05) is 0 Å². The number of nitrogens with zero attached hydrogens (tertiary/aromatic N) is 1. The number of para-hydroxylation sites is 2. The first-order valence-electron chi connectivity index (χ1n) is 7.24. The molecule has 8 heteroatoms. The lowest BCUT2D eigenvalue weighted by Gasteiger charge is -2.23. The van der Waals surface area contributed by atoms with Crippen LogP contribution in [0.4, 0.5) is 5.69 Å². The molecule has 1 atom stereocenters. The van der Waals surface area contributed by atoms with E-state index in [-0.39, 0.29) is 36.0 Å². The van der Waals surface area contributed by atoms with Gasteiger partial charge in [-0.1, -0.05) is 12.1 Å². The van der Waals surface area contributed by atoms with E-state index < -0.39 is 9.84 Å². The number of ether oxygens (including phenoxy) is 1. The number of amides is 2. The number of carbonyl (C=O) groups is 2. The minimum Gasteiger partial charge on any atom is -0.482 e. The molecular formula is C15H20N2O5S. The second-order valence-corrected chi connectivity index (χ2v) is 7.76. The van der Waals surface area contributed by atoms with E-state index >= 15 is 0 Å². The summed E-state index contributed by atoms with van der Waals surface area (Å²) in [5.74, 6) is -0.0342. The van der Waals surface area contributed by atoms with Crippen molar-refractivity contribution in [1.29, 1.82) is 0 Å². The molecule has 0 spiro atoms. The third kappa shape index (κ3) is 4.69. The molecule has 1 N–H and O–H groups in total. The molecule has 1 aliphatic heterocycles. The second kappa shape index (κ2) is 6.99.